The van der Waals surface area contributed by atoms with Crippen molar-refractivity contribution in [2.45, 2.75) is 37.5 Å². The van der Waals surface area contributed by atoms with Gasteiger partial charge in [-0.1, -0.05) is 0 Å². The van der Waals surface area contributed by atoms with Gasteiger partial charge in [-0.2, -0.15) is 0 Å². The molecule has 6 aromatic rings. The van der Waals surface area contributed by atoms with Crippen molar-refractivity contribution in [2.24, 2.45) is 40.0 Å². The first-order valence-electron chi connectivity index (χ1n) is 26.5. The maximum Gasteiger partial charge on any atom is 0.340 e. The Morgan fingerprint density at radius 1 is 0.571 bits per heavy atom. The predicted octanol–water partition coefficient (Wildman–Crippen LogP) is 4.10. The highest BCUT2D eigenvalue weighted by Gasteiger charge is 2.70. The summed E-state index contributed by atoms with van der Waals surface area (Å²) in [5.41, 5.74) is 5.35. The van der Waals surface area contributed by atoms with Crippen LogP contribution < -0.4 is 21.3 Å². The Morgan fingerprint density at radius 3 is 1.35 bits per heavy atom. The molecular formula is C58H54N14O12. The zero-order valence-corrected chi connectivity index (χ0v) is 46.5. The quantitative estimate of drug-likeness (QED) is 0.0661. The molecule has 6 amide bonds. The lowest BCUT2D eigenvalue weighted by Gasteiger charge is -2.27. The van der Waals surface area contributed by atoms with Crippen LogP contribution in [-0.2, 0) is 67.7 Å². The molecule has 4 aliphatic carbocycles. The number of hydrogen-bond acceptors (Lipinski definition) is 14. The number of fused-ring (bicyclic) bond motifs is 2. The fourth-order valence-electron chi connectivity index (χ4n) is 12.6. The molecule has 4 atom stereocenters. The number of H-pyrrole nitrogens is 2. The lowest BCUT2D eigenvalue weighted by atomic mass is 9.82. The summed E-state index contributed by atoms with van der Waals surface area (Å²) < 4.78 is 16.3. The van der Waals surface area contributed by atoms with Crippen LogP contribution in [0.3, 0.4) is 0 Å². The minimum atomic E-state index is -0.741. The van der Waals surface area contributed by atoms with Crippen molar-refractivity contribution < 1.29 is 57.4 Å². The van der Waals surface area contributed by atoms with Gasteiger partial charge in [-0.15, -0.1) is 0 Å². The minimum absolute atomic E-state index is 0.0140. The number of anilines is 4. The van der Waals surface area contributed by atoms with Crippen molar-refractivity contribution >= 4 is 94.1 Å². The number of aromatic amines is 2. The predicted molar refractivity (Wildman–Crippen MR) is 299 cm³/mol. The first-order chi connectivity index (χ1) is 40.0. The van der Waals surface area contributed by atoms with E-state index in [0.717, 1.165) is 12.2 Å². The van der Waals surface area contributed by atoms with Gasteiger partial charge in [0, 0.05) is 159 Å². The van der Waals surface area contributed by atoms with Crippen LogP contribution in [0.25, 0.3) is 12.2 Å². The number of nitrogens with one attached hydrogen (secondary N) is 6. The van der Waals surface area contributed by atoms with Gasteiger partial charge in [0.1, 0.15) is 0 Å². The average Bonchev–Trinajstić information content (AvgIpc) is 1.51. The summed E-state index contributed by atoms with van der Waals surface area (Å²) in [6.45, 7) is 4.18. The van der Waals surface area contributed by atoms with Gasteiger partial charge in [-0.05, 0) is 62.8 Å². The smallest absolute Gasteiger partial charge is 0.340 e. The van der Waals surface area contributed by atoms with Crippen LogP contribution >= 0.6 is 0 Å². The highest BCUT2D eigenvalue weighted by Crippen LogP contribution is 2.68. The molecule has 2 spiro atoms. The molecular weight excluding hydrogens is 1080 g/mol. The summed E-state index contributed by atoms with van der Waals surface area (Å²) in [6.07, 6.45) is 18.3. The molecule has 2 saturated carbocycles. The fourth-order valence-corrected chi connectivity index (χ4v) is 12.6. The number of esters is 2. The summed E-state index contributed by atoms with van der Waals surface area (Å²) in [5, 5.41) is 10.6. The Morgan fingerprint density at radius 2 is 0.964 bits per heavy atom. The largest absolute Gasteiger partial charge is 0.465 e. The van der Waals surface area contributed by atoms with Crippen LogP contribution in [0.15, 0.2) is 84.8 Å². The highest BCUT2D eigenvalue weighted by atomic mass is 16.5. The Balaban J connectivity index is 0.617. The van der Waals surface area contributed by atoms with Crippen LogP contribution in [0.1, 0.15) is 110 Å². The van der Waals surface area contributed by atoms with Crippen molar-refractivity contribution in [1.82, 2.24) is 48.0 Å². The Labute approximate surface area is 476 Å². The van der Waals surface area contributed by atoms with Crippen LogP contribution in [-0.4, -0.2) is 134 Å². The number of nitrogens with zero attached hydrogens (tertiary/aromatic N) is 8. The van der Waals surface area contributed by atoms with Crippen LogP contribution in [0.4, 0.5) is 23.0 Å². The number of methoxy groups -OCH3 is 2. The molecule has 428 valence electrons. The topological polar surface area (TPSA) is 321 Å². The highest BCUT2D eigenvalue weighted by molar-refractivity contribution is 6.13. The second kappa shape index (κ2) is 19.5. The van der Waals surface area contributed by atoms with E-state index in [1.165, 1.54) is 60.1 Å². The van der Waals surface area contributed by atoms with Crippen LogP contribution in [0, 0.1) is 25.7 Å². The summed E-state index contributed by atoms with van der Waals surface area (Å²) in [7, 11) is 9.15. The molecule has 4 fully saturated rings. The maximum atomic E-state index is 13.7. The molecule has 6 aromatic heterocycles. The van der Waals surface area contributed by atoms with Gasteiger partial charge in [-0.25, -0.2) is 19.6 Å². The Bertz CT molecular complexity index is 3920. The zero-order chi connectivity index (χ0) is 59.6. The number of allylic oxidation sites excluding steroid dienone is 4. The number of amides is 6. The fraction of sp³-hybridized carbons (Fsp3) is 0.276. The molecule has 8 heterocycles. The monoisotopic (exact) mass is 1140 g/mol. The van der Waals surface area contributed by atoms with Crippen molar-refractivity contribution in [1.29, 1.82) is 0 Å². The third-order valence-corrected chi connectivity index (χ3v) is 16.6. The number of rotatable bonds is 14. The van der Waals surface area contributed by atoms with Crippen molar-refractivity contribution in [2.75, 3.05) is 48.6 Å². The summed E-state index contributed by atoms with van der Waals surface area (Å²) in [5.74, 6) is -5.18. The van der Waals surface area contributed by atoms with E-state index in [1.54, 1.807) is 97.7 Å². The first-order valence-corrected chi connectivity index (χ1v) is 26.5. The van der Waals surface area contributed by atoms with E-state index in [9.17, 15) is 47.9 Å². The number of likely N-dealkylation sites (tertiary alicyclic amines) is 2. The number of ketones is 2. The number of imidazole rings is 2. The average molecular weight is 1140 g/mol. The van der Waals surface area contributed by atoms with E-state index < -0.39 is 46.4 Å². The van der Waals surface area contributed by atoms with Gasteiger partial charge in [0.2, 0.25) is 35.0 Å². The third kappa shape index (κ3) is 8.62. The van der Waals surface area contributed by atoms with E-state index in [2.05, 4.69) is 41.2 Å². The number of ether oxygens (including phenoxy) is 2. The molecule has 0 unspecified atom stereocenters. The molecule has 2 aliphatic heterocycles. The van der Waals surface area contributed by atoms with Crippen molar-refractivity contribution in [3.63, 3.8) is 0 Å². The molecule has 0 radical (unpaired) electrons. The van der Waals surface area contributed by atoms with Gasteiger partial charge in [0.05, 0.1) is 48.1 Å². The lowest BCUT2D eigenvalue weighted by molar-refractivity contribution is -0.124. The van der Waals surface area contributed by atoms with Gasteiger partial charge in [-0.3, -0.25) is 38.4 Å². The summed E-state index contributed by atoms with van der Waals surface area (Å²) in [4.78, 5) is 150. The zero-order valence-electron chi connectivity index (χ0n) is 46.5. The first kappa shape index (κ1) is 54.0. The van der Waals surface area contributed by atoms with E-state index in [0.29, 0.717) is 105 Å². The van der Waals surface area contributed by atoms with E-state index >= 15 is 0 Å². The van der Waals surface area contributed by atoms with E-state index in [4.69, 9.17) is 9.47 Å². The number of hydrogen-bond donors (Lipinski definition) is 6. The van der Waals surface area contributed by atoms with Crippen LogP contribution in [0.2, 0.25) is 0 Å². The van der Waals surface area contributed by atoms with Crippen molar-refractivity contribution in [3.8, 4) is 0 Å². The molecule has 0 aromatic carbocycles. The molecule has 2 saturated heterocycles. The SMILES string of the molecule is COC(=O)c1c(C)[nH]c2c1[C@@]13C[C@@H]1CN(C(=O)/C=C/c1cc(NC(=O)c4nc(NC(=O)/C=C/C(=O)Nc5cn(C)c(C(=O)Nc6cc(/C=C/C(=O)N7C[C@H]8C[C@@]89C7=CC(=O)c7[nH]c(C)c(C(=O)OC)c79)n(C)c6)n5)cn4C)cn1C)C3=CC2=O. The second-order valence-electron chi connectivity index (χ2n) is 21.7. The van der Waals surface area contributed by atoms with Gasteiger partial charge >= 0.3 is 11.9 Å². The lowest BCUT2D eigenvalue weighted by Crippen LogP contribution is -2.33. The number of carbonyl (C=O) groups is 10. The number of piperidine rings is 2. The van der Waals surface area contributed by atoms with Crippen LogP contribution in [0.5, 0.6) is 0 Å². The molecule has 26 nitrogen and oxygen atoms in total. The number of aromatic nitrogens is 8. The molecule has 6 aliphatic rings. The molecule has 26 heteroatoms. The Hall–Kier alpha value is -10.7. The van der Waals surface area contributed by atoms with Gasteiger partial charge in [0.15, 0.2) is 11.6 Å². The molecule has 0 bridgehead atoms. The second-order valence-corrected chi connectivity index (χ2v) is 21.7. The minimum Gasteiger partial charge on any atom is -0.465 e. The maximum absolute atomic E-state index is 13.7. The van der Waals surface area contributed by atoms with Crippen molar-refractivity contribution in [3.05, 3.63) is 153 Å². The molecule has 6 N–H and O–H groups in total. The normalized spacial score (nSPS) is 20.4. The summed E-state index contributed by atoms with van der Waals surface area (Å²) >= 11 is 0. The Kier molecular flexibility index (Phi) is 12.5. The van der Waals surface area contributed by atoms with E-state index in [1.807, 2.05) is 0 Å². The third-order valence-electron chi connectivity index (χ3n) is 16.6. The summed E-state index contributed by atoms with van der Waals surface area (Å²) in [6, 6.07) is 3.30. The molecule has 12 rings (SSSR count). The standard InChI is InChI=1S/C58H54N14O12/c1-27-45(55(81)83-7)47-49(59-27)35(73)17-37-57(47)19-29(57)21-71(37)43(77)13-9-33-15-31(23-67(33)3)61-53(79)51-65-39(25-69(51)5)63-41(75)11-12-42(76)64-40-26-70(6)52(66-40)54(80)62-32-16-34(68(4)24-32)10-14-44(78)72-22-30-20-58(30)38(72)18-36(74)50-48(58)46(28(2)60-50)56(82)84-8/h9-18,23-26,29-30,59-60H,19-22H2,1-8H3,(H,61,79)(H,62,80)(H,63,75)(H,64,76)/b12-11+,13-9+,14-10+/t29-,30-,57+,58+/m1/s1. The number of carbonyl (C=O) groups excluding carboxylic acids is 10. The molecule has 84 heavy (non-hydrogen) atoms. The number of aryl methyl sites for hydroxylation is 6. The van der Waals surface area contributed by atoms with E-state index in [-0.39, 0.29) is 58.5 Å². The van der Waals surface area contributed by atoms with Gasteiger partial charge < -0.3 is 68.8 Å². The van der Waals surface area contributed by atoms with Gasteiger partial charge in [0.25, 0.3) is 23.6 Å².